The van der Waals surface area contributed by atoms with Crippen molar-refractivity contribution in [2.45, 2.75) is 31.9 Å². The van der Waals surface area contributed by atoms with Crippen LogP contribution in [-0.2, 0) is 40.0 Å². The van der Waals surface area contributed by atoms with E-state index in [9.17, 15) is 24.0 Å². The maximum absolute atomic E-state index is 13.1. The summed E-state index contributed by atoms with van der Waals surface area (Å²) in [4.78, 5) is 58.8. The smallest absolute Gasteiger partial charge is 0.408 e. The Balaban J connectivity index is 2.82. The molecule has 2 amide bonds. The number of hydrogen-bond donors (Lipinski definition) is 4. The van der Waals surface area contributed by atoms with Crippen LogP contribution in [0.2, 0.25) is 0 Å². The summed E-state index contributed by atoms with van der Waals surface area (Å²) in [7, 11) is 0. The Bertz CT molecular complexity index is 810. The van der Waals surface area contributed by atoms with Crippen LogP contribution in [0.5, 0.6) is 0 Å². The largest absolute Gasteiger partial charge is 0.481 e. The fraction of sp³-hybridized carbons (Fsp3) is 0.500. The van der Waals surface area contributed by atoms with Gasteiger partial charge in [-0.3, -0.25) is 9.59 Å². The highest BCUT2D eigenvalue weighted by molar-refractivity contribution is 5.85. The minimum atomic E-state index is -1.19. The molecule has 1 aromatic rings. The Morgan fingerprint density at radius 2 is 1.43 bits per heavy atom. The van der Waals surface area contributed by atoms with E-state index >= 15 is 0 Å². The highest BCUT2D eigenvalue weighted by Gasteiger charge is 2.26. The Morgan fingerprint density at radius 3 is 1.94 bits per heavy atom. The van der Waals surface area contributed by atoms with Gasteiger partial charge in [-0.25, -0.2) is 14.4 Å². The lowest BCUT2D eigenvalue weighted by Crippen LogP contribution is -2.50. The van der Waals surface area contributed by atoms with Crippen molar-refractivity contribution in [1.29, 1.82) is 0 Å². The number of nitrogens with one attached hydrogen (secondary N) is 1. The molecule has 13 nitrogen and oxygen atoms in total. The molecule has 13 heteroatoms. The van der Waals surface area contributed by atoms with Gasteiger partial charge in [-0.05, 0) is 18.4 Å². The summed E-state index contributed by atoms with van der Waals surface area (Å²) in [5.74, 6) is -4.06. The van der Waals surface area contributed by atoms with E-state index in [-0.39, 0.29) is 52.2 Å². The molecule has 0 unspecified atom stereocenters. The second-order valence-corrected chi connectivity index (χ2v) is 7.26. The molecule has 0 saturated heterocycles. The third kappa shape index (κ3) is 14.2. The molecule has 0 aromatic heterocycles. The first kappa shape index (κ1) is 29.3. The van der Waals surface area contributed by atoms with Crippen LogP contribution in [0.1, 0.15) is 24.8 Å². The lowest BCUT2D eigenvalue weighted by molar-refractivity contribution is -0.143. The summed E-state index contributed by atoms with van der Waals surface area (Å²) >= 11 is 0. The number of carbonyl (C=O) groups excluding carboxylic acids is 2. The van der Waals surface area contributed by atoms with E-state index in [4.69, 9.17) is 29.5 Å². The number of nitrogens with zero attached hydrogens (tertiary/aromatic N) is 1. The van der Waals surface area contributed by atoms with Gasteiger partial charge in [0.05, 0.1) is 13.2 Å². The van der Waals surface area contributed by atoms with Gasteiger partial charge in [0, 0.05) is 19.5 Å². The predicted molar refractivity (Wildman–Crippen MR) is 119 cm³/mol. The van der Waals surface area contributed by atoms with E-state index in [1.54, 1.807) is 30.3 Å². The lowest BCUT2D eigenvalue weighted by Gasteiger charge is -2.27. The Hall–Kier alpha value is -3.71. The second-order valence-electron chi connectivity index (χ2n) is 7.26. The third-order valence-corrected chi connectivity index (χ3v) is 4.46. The fourth-order valence-electron chi connectivity index (χ4n) is 2.84. The number of benzene rings is 1. The molecular weight excluding hydrogens is 468 g/mol. The predicted octanol–water partition coefficient (Wildman–Crippen LogP) is 0.567. The summed E-state index contributed by atoms with van der Waals surface area (Å²) in [6.45, 7) is -1.63. The van der Waals surface area contributed by atoms with Gasteiger partial charge in [0.15, 0.2) is 0 Å². The van der Waals surface area contributed by atoms with Crippen molar-refractivity contribution in [3.05, 3.63) is 35.9 Å². The van der Waals surface area contributed by atoms with Gasteiger partial charge in [-0.15, -0.1) is 0 Å². The molecule has 0 aliphatic heterocycles. The molecule has 0 spiro atoms. The van der Waals surface area contributed by atoms with Crippen molar-refractivity contribution in [3.63, 3.8) is 0 Å². The average Bonchev–Trinajstić information content (AvgIpc) is 2.80. The zero-order valence-corrected chi connectivity index (χ0v) is 19.1. The first-order valence-electron chi connectivity index (χ1n) is 10.8. The molecule has 0 radical (unpaired) electrons. The SMILES string of the molecule is O=C(O)CCC[C@H](NC(=O)OCc1ccccc1)C(=O)N(CCOCC(=O)O)CCOCC(=O)O. The molecule has 0 saturated carbocycles. The number of ether oxygens (including phenoxy) is 3. The quantitative estimate of drug-likeness (QED) is 0.207. The van der Waals surface area contributed by atoms with Crippen LogP contribution >= 0.6 is 0 Å². The number of aliphatic carboxylic acids is 3. The highest BCUT2D eigenvalue weighted by Crippen LogP contribution is 2.08. The van der Waals surface area contributed by atoms with E-state index < -0.39 is 49.2 Å². The number of carboxylic acid groups (broad SMARTS) is 3. The number of carboxylic acids is 3. The minimum Gasteiger partial charge on any atom is -0.481 e. The Morgan fingerprint density at radius 1 is 0.857 bits per heavy atom. The molecule has 194 valence electrons. The van der Waals surface area contributed by atoms with Gasteiger partial charge < -0.3 is 39.7 Å². The molecule has 35 heavy (non-hydrogen) atoms. The maximum Gasteiger partial charge on any atom is 0.408 e. The van der Waals surface area contributed by atoms with Crippen molar-refractivity contribution in [3.8, 4) is 0 Å². The number of carbonyl (C=O) groups is 5. The van der Waals surface area contributed by atoms with Gasteiger partial charge in [0.1, 0.15) is 25.9 Å². The van der Waals surface area contributed by atoms with Crippen LogP contribution in [0, 0.1) is 0 Å². The van der Waals surface area contributed by atoms with Crippen molar-refractivity contribution in [1.82, 2.24) is 10.2 Å². The van der Waals surface area contributed by atoms with Gasteiger partial charge in [-0.2, -0.15) is 0 Å². The molecule has 4 N–H and O–H groups in total. The van der Waals surface area contributed by atoms with Crippen molar-refractivity contribution in [2.75, 3.05) is 39.5 Å². The van der Waals surface area contributed by atoms with Crippen LogP contribution in [0.25, 0.3) is 0 Å². The summed E-state index contributed by atoms with van der Waals surface area (Å²) < 4.78 is 15.1. The van der Waals surface area contributed by atoms with Gasteiger partial charge in [0.2, 0.25) is 5.91 Å². The van der Waals surface area contributed by atoms with Crippen molar-refractivity contribution in [2.24, 2.45) is 0 Å². The molecular formula is C22H30N2O11. The van der Waals surface area contributed by atoms with Crippen molar-refractivity contribution < 1.29 is 53.5 Å². The fourth-order valence-corrected chi connectivity index (χ4v) is 2.84. The molecule has 0 heterocycles. The monoisotopic (exact) mass is 498 g/mol. The van der Waals surface area contributed by atoms with E-state index in [0.717, 1.165) is 5.56 Å². The molecule has 0 fully saturated rings. The average molecular weight is 498 g/mol. The first-order chi connectivity index (χ1) is 16.7. The molecule has 1 atom stereocenters. The van der Waals surface area contributed by atoms with E-state index in [1.807, 2.05) is 0 Å². The van der Waals surface area contributed by atoms with E-state index in [0.29, 0.717) is 0 Å². The molecule has 1 aromatic carbocycles. The summed E-state index contributed by atoms with van der Waals surface area (Å²) in [5.41, 5.74) is 0.726. The Kier molecular flexibility index (Phi) is 14.1. The number of rotatable bonds is 18. The summed E-state index contributed by atoms with van der Waals surface area (Å²) in [6, 6.07) is 7.70. The van der Waals surface area contributed by atoms with E-state index in [1.165, 1.54) is 4.90 Å². The van der Waals surface area contributed by atoms with Crippen LogP contribution < -0.4 is 5.32 Å². The zero-order chi connectivity index (χ0) is 26.1. The number of hydrogen-bond acceptors (Lipinski definition) is 8. The second kappa shape index (κ2) is 16.8. The maximum atomic E-state index is 13.1. The van der Waals surface area contributed by atoms with Gasteiger partial charge in [0.25, 0.3) is 0 Å². The van der Waals surface area contributed by atoms with Crippen LogP contribution in [0.15, 0.2) is 30.3 Å². The van der Waals surface area contributed by atoms with Crippen molar-refractivity contribution >= 4 is 29.9 Å². The number of alkyl carbamates (subject to hydrolysis) is 1. The van der Waals surface area contributed by atoms with Crippen LogP contribution in [0.3, 0.4) is 0 Å². The van der Waals surface area contributed by atoms with Crippen LogP contribution in [0.4, 0.5) is 4.79 Å². The summed E-state index contributed by atoms with van der Waals surface area (Å²) in [6.07, 6.45) is -1.03. The normalized spacial score (nSPS) is 11.3. The lowest BCUT2D eigenvalue weighted by atomic mass is 10.1. The molecule has 0 aliphatic rings. The third-order valence-electron chi connectivity index (χ3n) is 4.46. The molecule has 0 bridgehead atoms. The Labute approximate surface area is 201 Å². The van der Waals surface area contributed by atoms with E-state index in [2.05, 4.69) is 5.32 Å². The minimum absolute atomic E-state index is 0.00592. The molecule has 1 rings (SSSR count). The van der Waals surface area contributed by atoms with Gasteiger partial charge in [-0.1, -0.05) is 30.3 Å². The zero-order valence-electron chi connectivity index (χ0n) is 19.1. The summed E-state index contributed by atoms with van der Waals surface area (Å²) in [5, 5.41) is 28.7. The number of amides is 2. The first-order valence-corrected chi connectivity index (χ1v) is 10.8. The molecule has 0 aliphatic carbocycles. The highest BCUT2D eigenvalue weighted by atomic mass is 16.5. The topological polar surface area (TPSA) is 189 Å². The standard InChI is InChI=1S/C22H30N2O11/c25-18(26)8-4-7-17(23-22(32)35-13-16-5-2-1-3-6-16)21(31)24(9-11-33-14-19(27)28)10-12-34-15-20(29)30/h1-3,5-6,17H,4,7-15H2,(H,23,32)(H,25,26)(H,27,28)(H,29,30)/t17-/m0/s1. The van der Waals surface area contributed by atoms with Gasteiger partial charge >= 0.3 is 24.0 Å². The van der Waals surface area contributed by atoms with Crippen LogP contribution in [-0.4, -0.2) is 95.7 Å².